The van der Waals surface area contributed by atoms with Crippen molar-refractivity contribution in [3.05, 3.63) is 35.1 Å². The normalized spacial score (nSPS) is 18.0. The van der Waals surface area contributed by atoms with Gasteiger partial charge in [-0.1, -0.05) is 19.9 Å². The summed E-state index contributed by atoms with van der Waals surface area (Å²) < 4.78 is 13.6. The predicted octanol–water partition coefficient (Wildman–Crippen LogP) is 2.20. The van der Waals surface area contributed by atoms with Crippen molar-refractivity contribution in [1.82, 2.24) is 4.90 Å². The third kappa shape index (κ3) is 3.26. The highest BCUT2D eigenvalue weighted by Gasteiger charge is 2.37. The number of likely N-dealkylation sites (tertiary alicyclic amines) is 1. The largest absolute Gasteiger partial charge is 0.478 e. The lowest BCUT2D eigenvalue weighted by molar-refractivity contribution is -0.153. The molecule has 1 aliphatic rings. The number of carbonyl (C=O) groups excluding carboxylic acids is 2. The number of amides is 2. The fraction of sp³-hybridized carbons (Fsp3) is 0.400. The Bertz CT molecular complexity index is 604. The average Bonchev–Trinajstić information content (AvgIpc) is 2.32. The molecule has 1 saturated heterocycles. The highest BCUT2D eigenvalue weighted by Crippen LogP contribution is 2.32. The van der Waals surface area contributed by atoms with Gasteiger partial charge >= 0.3 is 5.97 Å². The van der Waals surface area contributed by atoms with E-state index in [1.807, 2.05) is 13.8 Å². The van der Waals surface area contributed by atoms with Gasteiger partial charge in [0.25, 0.3) is 0 Å². The van der Waals surface area contributed by atoms with E-state index in [9.17, 15) is 18.8 Å². The zero-order valence-electron chi connectivity index (χ0n) is 11.9. The van der Waals surface area contributed by atoms with Crippen molar-refractivity contribution in [2.75, 3.05) is 0 Å². The van der Waals surface area contributed by atoms with Gasteiger partial charge in [-0.25, -0.2) is 9.18 Å². The Morgan fingerprint density at radius 3 is 2.33 bits per heavy atom. The van der Waals surface area contributed by atoms with Crippen molar-refractivity contribution in [2.45, 2.75) is 33.2 Å². The molecule has 5 nitrogen and oxygen atoms in total. The van der Waals surface area contributed by atoms with Crippen LogP contribution >= 0.6 is 0 Å². The molecule has 21 heavy (non-hydrogen) atoms. The molecule has 0 unspecified atom stereocenters. The van der Waals surface area contributed by atoms with E-state index >= 15 is 0 Å². The van der Waals surface area contributed by atoms with E-state index in [0.29, 0.717) is 5.56 Å². The van der Waals surface area contributed by atoms with Gasteiger partial charge in [0.2, 0.25) is 11.8 Å². The first-order valence-electron chi connectivity index (χ1n) is 6.54. The van der Waals surface area contributed by atoms with Crippen LogP contribution in [-0.2, 0) is 16.1 Å². The van der Waals surface area contributed by atoms with Crippen molar-refractivity contribution in [3.63, 3.8) is 0 Å². The van der Waals surface area contributed by atoms with Crippen molar-refractivity contribution < 1.29 is 23.9 Å². The number of halogens is 1. The number of carboxylic acids is 1. The molecule has 0 bridgehead atoms. The molecule has 2 rings (SSSR count). The minimum absolute atomic E-state index is 0.0371. The number of rotatable bonds is 3. The molecule has 1 fully saturated rings. The maximum Gasteiger partial charge on any atom is 0.338 e. The summed E-state index contributed by atoms with van der Waals surface area (Å²) in [7, 11) is 0. The molecule has 6 heteroatoms. The lowest BCUT2D eigenvalue weighted by Crippen LogP contribution is -2.45. The number of carbonyl (C=O) groups is 3. The number of hydrogen-bond donors (Lipinski definition) is 1. The number of carboxylic acid groups (broad SMARTS) is 1. The van der Waals surface area contributed by atoms with E-state index in [2.05, 4.69) is 0 Å². The number of benzene rings is 1. The Labute approximate surface area is 121 Å². The summed E-state index contributed by atoms with van der Waals surface area (Å²) in [4.78, 5) is 35.8. The molecule has 1 aliphatic heterocycles. The molecular formula is C15H16FNO4. The first-order chi connectivity index (χ1) is 9.69. The van der Waals surface area contributed by atoms with Gasteiger partial charge in [0.15, 0.2) is 0 Å². The van der Waals surface area contributed by atoms with Gasteiger partial charge in [0.05, 0.1) is 12.1 Å². The molecule has 1 aromatic carbocycles. The second-order valence-corrected chi connectivity index (χ2v) is 6.01. The molecular weight excluding hydrogens is 277 g/mol. The van der Waals surface area contributed by atoms with Crippen LogP contribution in [0.15, 0.2) is 18.2 Å². The van der Waals surface area contributed by atoms with Crippen LogP contribution in [0, 0.1) is 11.2 Å². The third-order valence-electron chi connectivity index (χ3n) is 3.47. The van der Waals surface area contributed by atoms with Gasteiger partial charge in [-0.3, -0.25) is 14.5 Å². The number of hydrogen-bond acceptors (Lipinski definition) is 3. The summed E-state index contributed by atoms with van der Waals surface area (Å²) in [6.45, 7) is 3.66. The SMILES string of the molecule is CC1(C)CC(=O)N(Cc2ccc(C(=O)O)c(F)c2)C(=O)C1. The summed E-state index contributed by atoms with van der Waals surface area (Å²) in [5, 5.41) is 8.76. The summed E-state index contributed by atoms with van der Waals surface area (Å²) in [5.41, 5.74) is -0.404. The van der Waals surface area contributed by atoms with Gasteiger partial charge in [-0.05, 0) is 23.1 Å². The minimum Gasteiger partial charge on any atom is -0.478 e. The third-order valence-corrected chi connectivity index (χ3v) is 3.47. The smallest absolute Gasteiger partial charge is 0.338 e. The molecule has 0 saturated carbocycles. The van der Waals surface area contributed by atoms with Crippen LogP contribution in [0.3, 0.4) is 0 Å². The standard InChI is InChI=1S/C15H16FNO4/c1-15(2)6-12(18)17(13(19)7-15)8-9-3-4-10(14(20)21)11(16)5-9/h3-5H,6-8H2,1-2H3,(H,20,21). The van der Waals surface area contributed by atoms with Crippen molar-refractivity contribution in [3.8, 4) is 0 Å². The number of nitrogens with zero attached hydrogens (tertiary/aromatic N) is 1. The van der Waals surface area contributed by atoms with Gasteiger partial charge < -0.3 is 5.11 Å². The lowest BCUT2D eigenvalue weighted by atomic mass is 9.81. The minimum atomic E-state index is -1.36. The monoisotopic (exact) mass is 293 g/mol. The zero-order chi connectivity index (χ0) is 15.8. The van der Waals surface area contributed by atoms with Crippen LogP contribution in [0.4, 0.5) is 4.39 Å². The van der Waals surface area contributed by atoms with E-state index in [-0.39, 0.29) is 36.6 Å². The average molecular weight is 293 g/mol. The van der Waals surface area contributed by atoms with Crippen LogP contribution < -0.4 is 0 Å². The van der Waals surface area contributed by atoms with Gasteiger partial charge in [-0.2, -0.15) is 0 Å². The summed E-state index contributed by atoms with van der Waals surface area (Å²) in [5.74, 6) is -2.82. The number of piperidine rings is 1. The van der Waals surface area contributed by atoms with E-state index in [0.717, 1.165) is 17.0 Å². The second kappa shape index (κ2) is 5.27. The molecule has 2 amide bonds. The molecule has 0 spiro atoms. The van der Waals surface area contributed by atoms with Crippen LogP contribution in [0.1, 0.15) is 42.6 Å². The molecule has 1 aromatic rings. The summed E-state index contributed by atoms with van der Waals surface area (Å²) >= 11 is 0. The second-order valence-electron chi connectivity index (χ2n) is 6.01. The first-order valence-corrected chi connectivity index (χ1v) is 6.54. The maximum absolute atomic E-state index is 13.6. The quantitative estimate of drug-likeness (QED) is 0.867. The predicted molar refractivity (Wildman–Crippen MR) is 71.9 cm³/mol. The van der Waals surface area contributed by atoms with Gasteiger partial charge in [0, 0.05) is 12.8 Å². The Morgan fingerprint density at radius 2 is 1.86 bits per heavy atom. The van der Waals surface area contributed by atoms with E-state index in [1.54, 1.807) is 0 Å². The molecule has 0 aliphatic carbocycles. The Balaban J connectivity index is 2.19. The van der Waals surface area contributed by atoms with Crippen LogP contribution in [0.5, 0.6) is 0 Å². The molecule has 0 atom stereocenters. The lowest BCUT2D eigenvalue weighted by Gasteiger charge is -2.34. The van der Waals surface area contributed by atoms with E-state index in [1.165, 1.54) is 6.07 Å². The first kappa shape index (κ1) is 15.2. The van der Waals surface area contributed by atoms with Crippen LogP contribution in [-0.4, -0.2) is 27.8 Å². The van der Waals surface area contributed by atoms with Crippen molar-refractivity contribution in [1.29, 1.82) is 0 Å². The highest BCUT2D eigenvalue weighted by atomic mass is 19.1. The fourth-order valence-corrected chi connectivity index (χ4v) is 2.40. The molecule has 0 radical (unpaired) electrons. The molecule has 112 valence electrons. The van der Waals surface area contributed by atoms with Gasteiger partial charge in [-0.15, -0.1) is 0 Å². The number of aromatic carboxylic acids is 1. The molecule has 0 aromatic heterocycles. The van der Waals surface area contributed by atoms with E-state index in [4.69, 9.17) is 5.11 Å². The molecule has 1 heterocycles. The van der Waals surface area contributed by atoms with Gasteiger partial charge in [0.1, 0.15) is 5.82 Å². The number of imide groups is 1. The van der Waals surface area contributed by atoms with Crippen LogP contribution in [0.25, 0.3) is 0 Å². The zero-order valence-corrected chi connectivity index (χ0v) is 11.9. The maximum atomic E-state index is 13.6. The van der Waals surface area contributed by atoms with Crippen LogP contribution in [0.2, 0.25) is 0 Å². The Kier molecular flexibility index (Phi) is 3.80. The van der Waals surface area contributed by atoms with Crippen molar-refractivity contribution >= 4 is 17.8 Å². The Hall–Kier alpha value is -2.24. The van der Waals surface area contributed by atoms with Crippen molar-refractivity contribution in [2.24, 2.45) is 5.41 Å². The molecule has 1 N–H and O–H groups in total. The highest BCUT2D eigenvalue weighted by molar-refractivity contribution is 5.98. The summed E-state index contributed by atoms with van der Waals surface area (Å²) in [6, 6.07) is 3.59. The summed E-state index contributed by atoms with van der Waals surface area (Å²) in [6.07, 6.45) is 0.517. The Morgan fingerprint density at radius 1 is 1.29 bits per heavy atom. The fourth-order valence-electron chi connectivity index (χ4n) is 2.40. The topological polar surface area (TPSA) is 74.7 Å². The van der Waals surface area contributed by atoms with E-state index < -0.39 is 17.3 Å².